The molecule has 0 aliphatic rings. The number of likely N-dealkylation sites (N-methyl/N-ethyl adjacent to an activating group) is 1. The van der Waals surface area contributed by atoms with Gasteiger partial charge in [-0.1, -0.05) is 55.8 Å². The van der Waals surface area contributed by atoms with Crippen molar-refractivity contribution in [2.24, 2.45) is 10.7 Å². The van der Waals surface area contributed by atoms with Crippen LogP contribution in [0.2, 0.25) is 5.02 Å². The van der Waals surface area contributed by atoms with Crippen LogP contribution in [0.3, 0.4) is 0 Å². The molecule has 148 valence electrons. The van der Waals surface area contributed by atoms with E-state index in [-0.39, 0.29) is 30.0 Å². The van der Waals surface area contributed by atoms with Crippen molar-refractivity contribution >= 4 is 47.2 Å². The van der Waals surface area contributed by atoms with Crippen LogP contribution in [0.15, 0.2) is 53.5 Å². The summed E-state index contributed by atoms with van der Waals surface area (Å²) in [5.41, 5.74) is 7.96. The average Bonchev–Trinajstić information content (AvgIpc) is 2.66. The number of para-hydroxylation sites is 2. The van der Waals surface area contributed by atoms with Gasteiger partial charge in [0.25, 0.3) is 0 Å². The monoisotopic (exact) mass is 502 g/mol. The van der Waals surface area contributed by atoms with Gasteiger partial charge >= 0.3 is 0 Å². The molecule has 2 aromatic carbocycles. The van der Waals surface area contributed by atoms with Crippen molar-refractivity contribution in [1.82, 2.24) is 4.90 Å². The Balaban J connectivity index is 0.00000364. The molecule has 0 amide bonds. The minimum Gasteiger partial charge on any atom is -0.495 e. The van der Waals surface area contributed by atoms with E-state index in [2.05, 4.69) is 29.1 Å². The highest BCUT2D eigenvalue weighted by atomic mass is 127. The molecule has 3 N–H and O–H groups in total. The van der Waals surface area contributed by atoms with Crippen molar-refractivity contribution in [1.29, 1.82) is 0 Å². The zero-order valence-corrected chi connectivity index (χ0v) is 19.1. The number of rotatable bonds is 8. The normalized spacial score (nSPS) is 12.4. The average molecular weight is 503 g/mol. The Bertz CT molecular complexity index is 737. The van der Waals surface area contributed by atoms with Crippen LogP contribution in [-0.4, -0.2) is 37.6 Å². The highest BCUT2D eigenvalue weighted by Crippen LogP contribution is 2.28. The number of hydrogen-bond acceptors (Lipinski definition) is 3. The summed E-state index contributed by atoms with van der Waals surface area (Å²) in [6.07, 6.45) is 0. The van der Waals surface area contributed by atoms with Crippen LogP contribution in [0.5, 0.6) is 5.75 Å². The molecular formula is C20H28ClIN4O. The Labute approximate surface area is 184 Å². The van der Waals surface area contributed by atoms with Crippen LogP contribution in [0.25, 0.3) is 0 Å². The number of nitrogens with one attached hydrogen (secondary N) is 1. The molecule has 0 aliphatic carbocycles. The number of halogens is 2. The number of nitrogens with two attached hydrogens (primary N) is 1. The number of aliphatic imine (C=N–C) groups is 1. The third-order valence-corrected chi connectivity index (χ3v) is 4.67. The molecule has 0 aromatic heterocycles. The van der Waals surface area contributed by atoms with Gasteiger partial charge in [-0.2, -0.15) is 0 Å². The number of hydrogen-bond donors (Lipinski definition) is 2. The van der Waals surface area contributed by atoms with Gasteiger partial charge in [-0.15, -0.1) is 24.0 Å². The molecule has 0 radical (unpaired) electrons. The molecule has 27 heavy (non-hydrogen) atoms. The highest BCUT2D eigenvalue weighted by molar-refractivity contribution is 14.0. The van der Waals surface area contributed by atoms with Crippen LogP contribution in [0, 0.1) is 0 Å². The number of benzene rings is 2. The van der Waals surface area contributed by atoms with Crippen molar-refractivity contribution in [3.63, 3.8) is 0 Å². The van der Waals surface area contributed by atoms with E-state index in [1.807, 2.05) is 48.5 Å². The summed E-state index contributed by atoms with van der Waals surface area (Å²) in [4.78, 5) is 6.88. The van der Waals surface area contributed by atoms with E-state index in [1.54, 1.807) is 7.11 Å². The van der Waals surface area contributed by atoms with Gasteiger partial charge in [0, 0.05) is 5.02 Å². The maximum atomic E-state index is 6.42. The largest absolute Gasteiger partial charge is 0.495 e. The third kappa shape index (κ3) is 6.55. The minimum absolute atomic E-state index is 0. The summed E-state index contributed by atoms with van der Waals surface area (Å²) in [5, 5.41) is 3.86. The van der Waals surface area contributed by atoms with Crippen LogP contribution in [0.4, 0.5) is 5.69 Å². The van der Waals surface area contributed by atoms with Crippen LogP contribution in [-0.2, 0) is 0 Å². The van der Waals surface area contributed by atoms with E-state index in [1.165, 1.54) is 0 Å². The Morgan fingerprint density at radius 3 is 2.41 bits per heavy atom. The molecule has 1 unspecified atom stereocenters. The molecule has 0 saturated carbocycles. The smallest absolute Gasteiger partial charge is 0.193 e. The number of anilines is 1. The molecule has 0 bridgehead atoms. The predicted octanol–water partition coefficient (Wildman–Crippen LogP) is 4.78. The molecule has 5 nitrogen and oxygen atoms in total. The van der Waals surface area contributed by atoms with Crippen molar-refractivity contribution in [2.45, 2.75) is 19.9 Å². The first-order valence-corrected chi connectivity index (χ1v) is 9.16. The molecule has 0 spiro atoms. The van der Waals surface area contributed by atoms with E-state index in [0.717, 1.165) is 35.1 Å². The Morgan fingerprint density at radius 2 is 1.78 bits per heavy atom. The zero-order valence-electron chi connectivity index (χ0n) is 16.0. The van der Waals surface area contributed by atoms with Gasteiger partial charge in [0.05, 0.1) is 25.4 Å². The number of ether oxygens (including phenoxy) is 1. The summed E-state index contributed by atoms with van der Waals surface area (Å²) in [7, 11) is 1.63. The molecule has 0 saturated heterocycles. The number of methoxy groups -OCH3 is 1. The maximum absolute atomic E-state index is 6.42. The van der Waals surface area contributed by atoms with Crippen molar-refractivity contribution in [3.05, 3.63) is 59.1 Å². The van der Waals surface area contributed by atoms with Crippen LogP contribution in [0.1, 0.15) is 25.5 Å². The Hall–Kier alpha value is -1.51. The summed E-state index contributed by atoms with van der Waals surface area (Å²) in [6.45, 7) is 6.59. The fraction of sp³-hybridized carbons (Fsp3) is 0.350. The second kappa shape index (κ2) is 12.0. The first-order valence-electron chi connectivity index (χ1n) is 8.79. The third-order valence-electron chi connectivity index (χ3n) is 4.32. The lowest BCUT2D eigenvalue weighted by Crippen LogP contribution is -2.32. The summed E-state index contributed by atoms with van der Waals surface area (Å²) in [6, 6.07) is 15.6. The SMILES string of the molecule is CCN(CC)C(CN=C(N)Nc1ccccc1OC)c1ccccc1Cl.I. The lowest BCUT2D eigenvalue weighted by Gasteiger charge is -2.29. The molecule has 2 rings (SSSR count). The van der Waals surface area contributed by atoms with Crippen molar-refractivity contribution in [2.75, 3.05) is 32.1 Å². The molecule has 0 heterocycles. The second-order valence-electron chi connectivity index (χ2n) is 5.81. The summed E-state index contributed by atoms with van der Waals surface area (Å²) < 4.78 is 5.33. The van der Waals surface area contributed by atoms with Gasteiger partial charge in [0.15, 0.2) is 5.96 Å². The van der Waals surface area contributed by atoms with Gasteiger partial charge in [0.2, 0.25) is 0 Å². The first-order chi connectivity index (χ1) is 12.6. The highest BCUT2D eigenvalue weighted by Gasteiger charge is 2.20. The van der Waals surface area contributed by atoms with E-state index in [0.29, 0.717) is 12.5 Å². The topological polar surface area (TPSA) is 62.9 Å². The zero-order chi connectivity index (χ0) is 18.9. The lowest BCUT2D eigenvalue weighted by molar-refractivity contribution is 0.224. The minimum atomic E-state index is 0. The molecule has 7 heteroatoms. The lowest BCUT2D eigenvalue weighted by atomic mass is 10.1. The summed E-state index contributed by atoms with van der Waals surface area (Å²) >= 11 is 6.42. The van der Waals surface area contributed by atoms with E-state index in [9.17, 15) is 0 Å². The number of nitrogens with zero attached hydrogens (tertiary/aromatic N) is 2. The van der Waals surface area contributed by atoms with Crippen molar-refractivity contribution < 1.29 is 4.74 Å². The molecule has 1 atom stereocenters. The standard InChI is InChI=1S/C20H27ClN4O.HI/c1-4-25(5-2)18(15-10-6-7-11-16(15)21)14-23-20(22)24-17-12-8-9-13-19(17)26-3;/h6-13,18H,4-5,14H2,1-3H3,(H3,22,23,24);1H. The van der Waals surface area contributed by atoms with Gasteiger partial charge < -0.3 is 15.8 Å². The Kier molecular flexibility index (Phi) is 10.5. The van der Waals surface area contributed by atoms with Crippen molar-refractivity contribution in [3.8, 4) is 5.75 Å². The molecule has 0 fully saturated rings. The van der Waals surface area contributed by atoms with Gasteiger partial charge in [-0.3, -0.25) is 9.89 Å². The number of guanidine groups is 1. The van der Waals surface area contributed by atoms with Gasteiger partial charge in [0.1, 0.15) is 5.75 Å². The second-order valence-corrected chi connectivity index (χ2v) is 6.22. The first kappa shape index (κ1) is 23.5. The molecule has 0 aliphatic heterocycles. The Morgan fingerprint density at radius 1 is 1.15 bits per heavy atom. The fourth-order valence-electron chi connectivity index (χ4n) is 2.93. The molecular weight excluding hydrogens is 475 g/mol. The maximum Gasteiger partial charge on any atom is 0.193 e. The van der Waals surface area contributed by atoms with Gasteiger partial charge in [-0.05, 0) is 36.9 Å². The predicted molar refractivity (Wildman–Crippen MR) is 126 cm³/mol. The van der Waals surface area contributed by atoms with E-state index < -0.39 is 0 Å². The van der Waals surface area contributed by atoms with Gasteiger partial charge in [-0.25, -0.2) is 0 Å². The quantitative estimate of drug-likeness (QED) is 0.310. The van der Waals surface area contributed by atoms with E-state index >= 15 is 0 Å². The van der Waals surface area contributed by atoms with E-state index in [4.69, 9.17) is 22.1 Å². The van der Waals surface area contributed by atoms with Crippen LogP contribution >= 0.6 is 35.6 Å². The fourth-order valence-corrected chi connectivity index (χ4v) is 3.19. The molecule has 2 aromatic rings. The van der Waals surface area contributed by atoms with Crippen LogP contribution < -0.4 is 15.8 Å². The summed E-state index contributed by atoms with van der Waals surface area (Å²) in [5.74, 6) is 1.07.